The molecule has 0 bridgehead atoms. The second-order valence-corrected chi connectivity index (χ2v) is 21.0. The van der Waals surface area contributed by atoms with E-state index in [1.54, 1.807) is 0 Å². The Bertz CT molecular complexity index is 588. The Balaban J connectivity index is 5.18. The van der Waals surface area contributed by atoms with E-state index in [-0.39, 0.29) is 17.9 Å². The van der Waals surface area contributed by atoms with Gasteiger partial charge in [-0.15, -0.1) is 0 Å². The van der Waals surface area contributed by atoms with E-state index in [1.165, 1.54) is 0 Å². The van der Waals surface area contributed by atoms with E-state index in [1.807, 2.05) is 0 Å². The fourth-order valence-corrected chi connectivity index (χ4v) is 19.9. The SMILES string of the molecule is CCC[Si](CCC)(CCC)OS(=O)(=O)CCCS(=O)(=O)O[Si](CCC)(CCC)CCC. The van der Waals surface area contributed by atoms with Crippen molar-refractivity contribution < 1.29 is 24.6 Å². The lowest BCUT2D eigenvalue weighted by molar-refractivity contribution is 0.463. The molecule has 0 aromatic heterocycles. The highest BCUT2D eigenvalue weighted by atomic mass is 32.2. The van der Waals surface area contributed by atoms with Gasteiger partial charge in [0.1, 0.15) is 0 Å². The number of hydrogen-bond acceptors (Lipinski definition) is 6. The van der Waals surface area contributed by atoms with Gasteiger partial charge in [0.25, 0.3) is 20.2 Å². The summed E-state index contributed by atoms with van der Waals surface area (Å²) in [4.78, 5) is 0. The summed E-state index contributed by atoms with van der Waals surface area (Å²) < 4.78 is 62.7. The van der Waals surface area contributed by atoms with Gasteiger partial charge in [-0.05, 0) is 42.7 Å². The van der Waals surface area contributed by atoms with E-state index in [2.05, 4.69) is 41.5 Å². The van der Waals surface area contributed by atoms with Crippen LogP contribution in [0.4, 0.5) is 0 Å². The van der Waals surface area contributed by atoms with Crippen molar-refractivity contribution >= 4 is 36.9 Å². The van der Waals surface area contributed by atoms with E-state index in [9.17, 15) is 16.8 Å². The third kappa shape index (κ3) is 12.3. The zero-order valence-electron chi connectivity index (χ0n) is 20.9. The van der Waals surface area contributed by atoms with E-state index < -0.39 is 36.9 Å². The zero-order chi connectivity index (χ0) is 24.0. The lowest BCUT2D eigenvalue weighted by Gasteiger charge is -2.30. The topological polar surface area (TPSA) is 86.7 Å². The molecule has 0 saturated carbocycles. The largest absolute Gasteiger partial charge is 0.315 e. The van der Waals surface area contributed by atoms with Gasteiger partial charge in [0, 0.05) is 0 Å². The fourth-order valence-electron chi connectivity index (χ4n) is 4.77. The van der Waals surface area contributed by atoms with Crippen LogP contribution >= 0.6 is 0 Å². The van der Waals surface area contributed by atoms with Gasteiger partial charge < -0.3 is 7.74 Å². The molecule has 10 heteroatoms. The highest BCUT2D eigenvalue weighted by Gasteiger charge is 2.39. The molecular weight excluding hydrogens is 469 g/mol. The van der Waals surface area contributed by atoms with Crippen molar-refractivity contribution in [3.63, 3.8) is 0 Å². The molecule has 31 heavy (non-hydrogen) atoms. The van der Waals surface area contributed by atoms with Crippen LogP contribution in [0.25, 0.3) is 0 Å². The van der Waals surface area contributed by atoms with Crippen molar-refractivity contribution in [2.24, 2.45) is 0 Å². The molecule has 0 unspecified atom stereocenters. The Labute approximate surface area is 195 Å². The summed E-state index contributed by atoms with van der Waals surface area (Å²) in [5.74, 6) is -0.517. The van der Waals surface area contributed by atoms with E-state index in [0.29, 0.717) is 0 Å². The van der Waals surface area contributed by atoms with Crippen LogP contribution < -0.4 is 0 Å². The second-order valence-electron chi connectivity index (χ2n) is 8.91. The molecule has 188 valence electrons. The van der Waals surface area contributed by atoms with Crippen molar-refractivity contribution in [2.45, 2.75) is 123 Å². The first kappa shape index (κ1) is 31.3. The quantitative estimate of drug-likeness (QED) is 0.173. The predicted molar refractivity (Wildman–Crippen MR) is 136 cm³/mol. The van der Waals surface area contributed by atoms with Gasteiger partial charge in [-0.1, -0.05) is 80.1 Å². The minimum Gasteiger partial charge on any atom is -0.315 e. The Kier molecular flexibility index (Phi) is 15.3. The molecule has 0 aliphatic heterocycles. The van der Waals surface area contributed by atoms with Crippen LogP contribution in [0.3, 0.4) is 0 Å². The summed E-state index contributed by atoms with van der Waals surface area (Å²) in [5, 5.41) is 0. The number of hydrogen-bond donors (Lipinski definition) is 0. The minimum absolute atomic E-state index is 0.0222. The molecule has 0 rings (SSSR count). The van der Waals surface area contributed by atoms with Crippen molar-refractivity contribution in [2.75, 3.05) is 11.5 Å². The van der Waals surface area contributed by atoms with Crippen LogP contribution in [0.15, 0.2) is 0 Å². The second kappa shape index (κ2) is 15.2. The van der Waals surface area contributed by atoms with Crippen LogP contribution in [0, 0.1) is 0 Å². The third-order valence-corrected chi connectivity index (χ3v) is 20.5. The molecule has 0 heterocycles. The molecule has 6 nitrogen and oxygen atoms in total. The molecule has 0 fully saturated rings. The van der Waals surface area contributed by atoms with Crippen molar-refractivity contribution in [1.29, 1.82) is 0 Å². The van der Waals surface area contributed by atoms with Crippen LogP contribution in [0.1, 0.15) is 86.5 Å². The maximum absolute atomic E-state index is 12.7. The molecule has 0 N–H and O–H groups in total. The van der Waals surface area contributed by atoms with Gasteiger partial charge in [-0.3, -0.25) is 0 Å². The first-order valence-corrected chi connectivity index (χ1v) is 20.6. The molecule has 0 spiro atoms. The first-order chi connectivity index (χ1) is 14.5. The smallest absolute Gasteiger partial charge is 0.257 e. The average Bonchev–Trinajstić information content (AvgIpc) is 2.61. The summed E-state index contributed by atoms with van der Waals surface area (Å²) in [7, 11) is -12.2. The average molecular weight is 517 g/mol. The predicted octanol–water partition coefficient (Wildman–Crippen LogP) is 6.42. The first-order valence-electron chi connectivity index (χ1n) is 12.3. The fraction of sp³-hybridized carbons (Fsp3) is 1.00. The van der Waals surface area contributed by atoms with Crippen LogP contribution in [-0.2, 0) is 28.0 Å². The standard InChI is InChI=1S/C21H48O6S2Si2/c1-7-16-30(17-8-2,18-9-3)26-28(22,23)14-13-15-29(24,25)27-31(19-10-4,20-11-5)21-12-6/h7-21H2,1-6H3. The summed E-state index contributed by atoms with van der Waals surface area (Å²) in [6.07, 6.45) is 5.46. The van der Waals surface area contributed by atoms with Gasteiger partial charge >= 0.3 is 0 Å². The summed E-state index contributed by atoms with van der Waals surface area (Å²) in [6, 6.07) is 4.97. The van der Waals surface area contributed by atoms with Gasteiger partial charge in [0.2, 0.25) is 16.6 Å². The van der Waals surface area contributed by atoms with Gasteiger partial charge in [-0.25, -0.2) is 16.8 Å². The van der Waals surface area contributed by atoms with Gasteiger partial charge in [0.15, 0.2) is 0 Å². The monoisotopic (exact) mass is 516 g/mol. The van der Waals surface area contributed by atoms with Crippen molar-refractivity contribution in [1.82, 2.24) is 0 Å². The highest BCUT2D eigenvalue weighted by molar-refractivity contribution is 7.88. The maximum Gasteiger partial charge on any atom is 0.257 e. The molecular formula is C21H48O6S2Si2. The van der Waals surface area contributed by atoms with Crippen molar-refractivity contribution in [3.05, 3.63) is 0 Å². The molecule has 0 aromatic rings. The van der Waals surface area contributed by atoms with Crippen LogP contribution in [0.5, 0.6) is 0 Å². The minimum atomic E-state index is -3.75. The van der Waals surface area contributed by atoms with Crippen LogP contribution in [-0.4, -0.2) is 45.0 Å². The van der Waals surface area contributed by atoms with Gasteiger partial charge in [0.05, 0.1) is 11.5 Å². The Morgan fingerprint density at radius 1 is 0.484 bits per heavy atom. The third-order valence-electron chi connectivity index (χ3n) is 5.63. The molecule has 0 radical (unpaired) electrons. The lowest BCUT2D eigenvalue weighted by atomic mass is 10.6. The van der Waals surface area contributed by atoms with E-state index in [4.69, 9.17) is 7.74 Å². The van der Waals surface area contributed by atoms with E-state index in [0.717, 1.165) is 74.8 Å². The lowest BCUT2D eigenvalue weighted by Crippen LogP contribution is -2.41. The van der Waals surface area contributed by atoms with E-state index >= 15 is 0 Å². The zero-order valence-corrected chi connectivity index (χ0v) is 24.5. The molecule has 0 aliphatic carbocycles. The van der Waals surface area contributed by atoms with Gasteiger partial charge in [-0.2, -0.15) is 0 Å². The molecule has 0 atom stereocenters. The molecule has 0 saturated heterocycles. The summed E-state index contributed by atoms with van der Waals surface area (Å²) >= 11 is 0. The molecule has 0 amide bonds. The Morgan fingerprint density at radius 2 is 0.710 bits per heavy atom. The molecule has 0 aromatic carbocycles. The Hall–Kier alpha value is 0.254. The Morgan fingerprint density at radius 3 is 0.903 bits per heavy atom. The summed E-state index contributed by atoms with van der Waals surface area (Å²) in [5.41, 5.74) is 0. The van der Waals surface area contributed by atoms with Crippen molar-refractivity contribution in [3.8, 4) is 0 Å². The number of rotatable bonds is 20. The van der Waals surface area contributed by atoms with Crippen LogP contribution in [0.2, 0.25) is 36.3 Å². The summed E-state index contributed by atoms with van der Waals surface area (Å²) in [6.45, 7) is 12.4. The highest BCUT2D eigenvalue weighted by Crippen LogP contribution is 2.31. The normalized spacial score (nSPS) is 13.6. The molecule has 0 aliphatic rings. The maximum atomic E-state index is 12.7.